The van der Waals surface area contributed by atoms with Gasteiger partial charge in [-0.15, -0.1) is 0 Å². The third kappa shape index (κ3) is 3.50. The number of carbonyl (C=O) groups excluding carboxylic acids is 2. The highest BCUT2D eigenvalue weighted by atomic mass is 32.2. The minimum absolute atomic E-state index is 0.126. The summed E-state index contributed by atoms with van der Waals surface area (Å²) in [6.45, 7) is 0.126. The van der Waals surface area contributed by atoms with Crippen molar-refractivity contribution in [3.63, 3.8) is 0 Å². The Kier molecular flexibility index (Phi) is 4.61. The summed E-state index contributed by atoms with van der Waals surface area (Å²) in [6, 6.07) is 3.51. The Morgan fingerprint density at radius 1 is 1.60 bits per heavy atom. The van der Waals surface area contributed by atoms with Crippen LogP contribution < -0.4 is 16.4 Å². The summed E-state index contributed by atoms with van der Waals surface area (Å²) in [6.07, 6.45) is 0. The maximum absolute atomic E-state index is 13.5. The standard InChI is InChI=1S/C13H12FN3O2S/c14-10-4-3-9(6-8(10)2-1-5-15)16-12(18)11-7-20-13(19)17-11/h3-4,6,11H,5,7,15H2,(H,16,18)(H,17,19). The molecule has 0 spiro atoms. The molecule has 1 saturated heterocycles. The minimum atomic E-state index is -0.573. The number of rotatable bonds is 2. The van der Waals surface area contributed by atoms with E-state index >= 15 is 0 Å². The van der Waals surface area contributed by atoms with E-state index in [-0.39, 0.29) is 23.3 Å². The van der Waals surface area contributed by atoms with Crippen molar-refractivity contribution >= 4 is 28.6 Å². The van der Waals surface area contributed by atoms with Crippen molar-refractivity contribution in [1.82, 2.24) is 5.32 Å². The number of carbonyl (C=O) groups is 2. The van der Waals surface area contributed by atoms with Crippen molar-refractivity contribution in [3.05, 3.63) is 29.6 Å². The van der Waals surface area contributed by atoms with Crippen LogP contribution in [-0.2, 0) is 4.79 Å². The predicted octanol–water partition coefficient (Wildman–Crippen LogP) is 0.899. The molecule has 1 atom stereocenters. The van der Waals surface area contributed by atoms with E-state index in [4.69, 9.17) is 5.73 Å². The molecular weight excluding hydrogens is 281 g/mol. The lowest BCUT2D eigenvalue weighted by molar-refractivity contribution is -0.117. The molecule has 104 valence electrons. The van der Waals surface area contributed by atoms with E-state index in [1.54, 1.807) is 0 Å². The van der Waals surface area contributed by atoms with Gasteiger partial charge in [0.25, 0.3) is 5.24 Å². The predicted molar refractivity (Wildman–Crippen MR) is 75.7 cm³/mol. The lowest BCUT2D eigenvalue weighted by atomic mass is 10.2. The number of hydrogen-bond acceptors (Lipinski definition) is 4. The molecule has 0 aromatic heterocycles. The first-order valence-corrected chi connectivity index (χ1v) is 6.81. The van der Waals surface area contributed by atoms with Crippen molar-refractivity contribution in [2.75, 3.05) is 17.6 Å². The van der Waals surface area contributed by atoms with Crippen LogP contribution in [-0.4, -0.2) is 29.5 Å². The topological polar surface area (TPSA) is 84.2 Å². The maximum atomic E-state index is 13.5. The molecule has 1 aliphatic heterocycles. The van der Waals surface area contributed by atoms with Crippen molar-refractivity contribution in [3.8, 4) is 11.8 Å². The van der Waals surface area contributed by atoms with Gasteiger partial charge >= 0.3 is 0 Å². The van der Waals surface area contributed by atoms with Gasteiger partial charge in [-0.05, 0) is 18.2 Å². The van der Waals surface area contributed by atoms with Gasteiger partial charge in [-0.2, -0.15) is 0 Å². The number of nitrogens with two attached hydrogens (primary N) is 1. The second-order valence-corrected chi connectivity index (χ2v) is 4.98. The largest absolute Gasteiger partial charge is 0.334 e. The van der Waals surface area contributed by atoms with Crippen molar-refractivity contribution < 1.29 is 14.0 Å². The average molecular weight is 293 g/mol. The van der Waals surface area contributed by atoms with Gasteiger partial charge < -0.3 is 16.4 Å². The first-order chi connectivity index (χ1) is 9.60. The summed E-state index contributed by atoms with van der Waals surface area (Å²) in [5.74, 6) is 4.70. The summed E-state index contributed by atoms with van der Waals surface area (Å²) in [5.41, 5.74) is 5.82. The number of hydrogen-bond donors (Lipinski definition) is 3. The Morgan fingerprint density at radius 3 is 3.05 bits per heavy atom. The van der Waals surface area contributed by atoms with Gasteiger partial charge in [0.05, 0.1) is 12.1 Å². The molecule has 4 N–H and O–H groups in total. The lowest BCUT2D eigenvalue weighted by Gasteiger charge is -2.10. The zero-order chi connectivity index (χ0) is 14.5. The molecule has 0 bridgehead atoms. The second kappa shape index (κ2) is 6.41. The molecule has 0 aliphatic carbocycles. The number of benzene rings is 1. The SMILES string of the molecule is NCC#Cc1cc(NC(=O)C2CSC(=O)N2)ccc1F. The van der Waals surface area contributed by atoms with Crippen LogP contribution in [0.3, 0.4) is 0 Å². The van der Waals surface area contributed by atoms with E-state index in [9.17, 15) is 14.0 Å². The number of amides is 2. The Balaban J connectivity index is 2.09. The highest BCUT2D eigenvalue weighted by Gasteiger charge is 2.27. The highest BCUT2D eigenvalue weighted by molar-refractivity contribution is 8.14. The molecule has 1 aromatic rings. The molecule has 1 heterocycles. The molecular formula is C13H12FN3O2S. The zero-order valence-electron chi connectivity index (χ0n) is 10.4. The Labute approximate surface area is 119 Å². The van der Waals surface area contributed by atoms with Gasteiger partial charge in [-0.1, -0.05) is 23.6 Å². The van der Waals surface area contributed by atoms with E-state index in [1.807, 2.05) is 0 Å². The first-order valence-electron chi connectivity index (χ1n) is 5.83. The molecule has 0 saturated carbocycles. The van der Waals surface area contributed by atoms with Crippen molar-refractivity contribution in [2.24, 2.45) is 5.73 Å². The summed E-state index contributed by atoms with van der Waals surface area (Å²) < 4.78 is 13.5. The first kappa shape index (κ1) is 14.4. The molecule has 1 unspecified atom stereocenters. The summed E-state index contributed by atoms with van der Waals surface area (Å²) in [5, 5.41) is 4.92. The Hall–Kier alpha value is -2.04. The van der Waals surface area contributed by atoms with Crippen LogP contribution >= 0.6 is 11.8 Å². The zero-order valence-corrected chi connectivity index (χ0v) is 11.2. The summed E-state index contributed by atoms with van der Waals surface area (Å²) >= 11 is 1.05. The van der Waals surface area contributed by atoms with Crippen LogP contribution in [0, 0.1) is 17.7 Å². The van der Waals surface area contributed by atoms with Gasteiger partial charge in [0, 0.05) is 11.4 Å². The van der Waals surface area contributed by atoms with Crippen LogP contribution in [0.2, 0.25) is 0 Å². The quantitative estimate of drug-likeness (QED) is 0.707. The Morgan fingerprint density at radius 2 is 2.40 bits per heavy atom. The molecule has 1 aromatic carbocycles. The third-order valence-electron chi connectivity index (χ3n) is 2.55. The van der Waals surface area contributed by atoms with Crippen molar-refractivity contribution in [2.45, 2.75) is 6.04 Å². The van der Waals surface area contributed by atoms with E-state index in [1.165, 1.54) is 18.2 Å². The smallest absolute Gasteiger partial charge is 0.279 e. The van der Waals surface area contributed by atoms with Crippen LogP contribution in [0.25, 0.3) is 0 Å². The summed E-state index contributed by atoms with van der Waals surface area (Å²) in [4.78, 5) is 22.9. The highest BCUT2D eigenvalue weighted by Crippen LogP contribution is 2.17. The fourth-order valence-corrected chi connectivity index (χ4v) is 2.38. The molecule has 2 amide bonds. The monoisotopic (exact) mass is 293 g/mol. The van der Waals surface area contributed by atoms with Crippen LogP contribution in [0.4, 0.5) is 14.9 Å². The van der Waals surface area contributed by atoms with Crippen molar-refractivity contribution in [1.29, 1.82) is 0 Å². The second-order valence-electron chi connectivity index (χ2n) is 3.99. The van der Waals surface area contributed by atoms with E-state index in [2.05, 4.69) is 22.5 Å². The Bertz CT molecular complexity index is 609. The molecule has 20 heavy (non-hydrogen) atoms. The van der Waals surface area contributed by atoms with Crippen LogP contribution in [0.15, 0.2) is 18.2 Å². The molecule has 1 fully saturated rings. The number of anilines is 1. The number of nitrogens with one attached hydrogen (secondary N) is 2. The summed E-state index contributed by atoms with van der Waals surface area (Å²) in [7, 11) is 0. The molecule has 2 rings (SSSR count). The van der Waals surface area contributed by atoms with E-state index in [0.717, 1.165) is 11.8 Å². The van der Waals surface area contributed by atoms with Crippen LogP contribution in [0.5, 0.6) is 0 Å². The fraction of sp³-hybridized carbons (Fsp3) is 0.231. The maximum Gasteiger partial charge on any atom is 0.279 e. The number of halogens is 1. The van der Waals surface area contributed by atoms with Gasteiger partial charge in [-0.3, -0.25) is 9.59 Å². The molecule has 7 heteroatoms. The molecule has 0 radical (unpaired) electrons. The average Bonchev–Trinajstić information content (AvgIpc) is 2.86. The van der Waals surface area contributed by atoms with Gasteiger partial charge in [-0.25, -0.2) is 4.39 Å². The fourth-order valence-electron chi connectivity index (χ4n) is 1.60. The van der Waals surface area contributed by atoms with Crippen LogP contribution in [0.1, 0.15) is 5.56 Å². The lowest BCUT2D eigenvalue weighted by Crippen LogP contribution is -2.38. The minimum Gasteiger partial charge on any atom is -0.334 e. The van der Waals surface area contributed by atoms with Gasteiger partial charge in [0.2, 0.25) is 5.91 Å². The van der Waals surface area contributed by atoms with Gasteiger partial charge in [0.1, 0.15) is 11.9 Å². The number of thioether (sulfide) groups is 1. The van der Waals surface area contributed by atoms with E-state index in [0.29, 0.717) is 11.4 Å². The third-order valence-corrected chi connectivity index (χ3v) is 3.43. The molecule has 1 aliphatic rings. The van der Waals surface area contributed by atoms with E-state index < -0.39 is 11.9 Å². The van der Waals surface area contributed by atoms with Gasteiger partial charge in [0.15, 0.2) is 0 Å². The normalized spacial score (nSPS) is 17.1. The molecule has 5 nitrogen and oxygen atoms in total.